The number of hydrogen-bond acceptors (Lipinski definition) is 4. The molecule has 126 valence electrons. The third-order valence-electron chi connectivity index (χ3n) is 3.77. The topological polar surface area (TPSA) is 84.0 Å². The minimum absolute atomic E-state index is 0.346. The minimum atomic E-state index is -0.579. The number of carbonyl (C=O) groups excluding carboxylic acids is 2. The summed E-state index contributed by atoms with van der Waals surface area (Å²) in [5, 5.41) is 5.00. The first kappa shape index (κ1) is 16.6. The van der Waals surface area contributed by atoms with Crippen molar-refractivity contribution in [3.63, 3.8) is 0 Å². The summed E-state index contributed by atoms with van der Waals surface area (Å²) in [6, 6.07) is 11.9. The van der Waals surface area contributed by atoms with Crippen molar-refractivity contribution < 1.29 is 9.59 Å². The van der Waals surface area contributed by atoms with Gasteiger partial charge in [-0.15, -0.1) is 0 Å². The molecule has 3 rings (SSSR count). The molecule has 0 saturated heterocycles. The van der Waals surface area contributed by atoms with Crippen LogP contribution in [-0.4, -0.2) is 21.9 Å². The Morgan fingerprint density at radius 1 is 0.960 bits per heavy atom. The zero-order chi connectivity index (χ0) is 17.8. The summed E-state index contributed by atoms with van der Waals surface area (Å²) in [7, 11) is 0. The summed E-state index contributed by atoms with van der Waals surface area (Å²) in [4.78, 5) is 32.6. The van der Waals surface area contributed by atoms with Crippen LogP contribution < -0.4 is 10.6 Å². The van der Waals surface area contributed by atoms with E-state index in [0.29, 0.717) is 28.2 Å². The Balaban J connectivity index is 1.69. The van der Waals surface area contributed by atoms with Gasteiger partial charge in [0.05, 0.1) is 11.0 Å². The Labute approximate surface area is 145 Å². The predicted molar refractivity (Wildman–Crippen MR) is 96.6 cm³/mol. The smallest absolute Gasteiger partial charge is 0.308 e. The van der Waals surface area contributed by atoms with E-state index in [-0.39, 0.29) is 0 Å². The number of rotatable bonds is 3. The summed E-state index contributed by atoms with van der Waals surface area (Å²) >= 11 is 0. The molecule has 25 heavy (non-hydrogen) atoms. The molecule has 6 heteroatoms. The number of nitrogens with one attached hydrogen (secondary N) is 2. The van der Waals surface area contributed by atoms with Gasteiger partial charge in [0.2, 0.25) is 0 Å². The Morgan fingerprint density at radius 2 is 1.72 bits per heavy atom. The van der Waals surface area contributed by atoms with Crippen LogP contribution in [0.4, 0.5) is 10.5 Å². The average Bonchev–Trinajstić information content (AvgIpc) is 2.61. The SMILES string of the molecule is CC(C)c1cccc(NC(=O)NC(=O)c2ccc3nccnc3c2)c1. The zero-order valence-electron chi connectivity index (χ0n) is 14.0. The predicted octanol–water partition coefficient (Wildman–Crippen LogP) is 3.72. The Bertz CT molecular complexity index is 937. The summed E-state index contributed by atoms with van der Waals surface area (Å²) in [6.45, 7) is 4.15. The fourth-order valence-corrected chi connectivity index (χ4v) is 2.42. The van der Waals surface area contributed by atoms with E-state index in [1.807, 2.05) is 18.2 Å². The van der Waals surface area contributed by atoms with Gasteiger partial charge in [-0.3, -0.25) is 20.1 Å². The number of carbonyl (C=O) groups is 2. The molecule has 2 aromatic carbocycles. The van der Waals surface area contributed by atoms with Gasteiger partial charge in [0.25, 0.3) is 5.91 Å². The highest BCUT2D eigenvalue weighted by Crippen LogP contribution is 2.18. The van der Waals surface area contributed by atoms with Crippen LogP contribution >= 0.6 is 0 Å². The second-order valence-electron chi connectivity index (χ2n) is 5.95. The number of aromatic nitrogens is 2. The normalized spacial score (nSPS) is 10.7. The summed E-state index contributed by atoms with van der Waals surface area (Å²) in [5.74, 6) is -0.143. The lowest BCUT2D eigenvalue weighted by atomic mass is 10.0. The lowest BCUT2D eigenvalue weighted by Gasteiger charge is -2.10. The highest BCUT2D eigenvalue weighted by molar-refractivity contribution is 6.08. The highest BCUT2D eigenvalue weighted by atomic mass is 16.2. The quantitative estimate of drug-likeness (QED) is 0.764. The van der Waals surface area contributed by atoms with Crippen molar-refractivity contribution in [1.29, 1.82) is 0 Å². The van der Waals surface area contributed by atoms with Crippen LogP contribution in [0.25, 0.3) is 11.0 Å². The summed E-state index contributed by atoms with van der Waals surface area (Å²) in [5.41, 5.74) is 3.38. The van der Waals surface area contributed by atoms with Gasteiger partial charge >= 0.3 is 6.03 Å². The van der Waals surface area contributed by atoms with Crippen molar-refractivity contribution >= 4 is 28.7 Å². The van der Waals surface area contributed by atoms with Gasteiger partial charge in [0, 0.05) is 23.6 Å². The van der Waals surface area contributed by atoms with Crippen molar-refractivity contribution in [2.24, 2.45) is 0 Å². The maximum absolute atomic E-state index is 12.2. The molecule has 0 spiro atoms. The lowest BCUT2D eigenvalue weighted by Crippen LogP contribution is -2.34. The number of nitrogens with zero attached hydrogens (tertiary/aromatic N) is 2. The molecule has 1 heterocycles. The van der Waals surface area contributed by atoms with Crippen LogP contribution in [0.15, 0.2) is 54.9 Å². The van der Waals surface area contributed by atoms with Crippen LogP contribution in [0, 0.1) is 0 Å². The fraction of sp³-hybridized carbons (Fsp3) is 0.158. The van der Waals surface area contributed by atoms with Gasteiger partial charge in [0.15, 0.2) is 0 Å². The van der Waals surface area contributed by atoms with Crippen LogP contribution in [0.5, 0.6) is 0 Å². The van der Waals surface area contributed by atoms with Gasteiger partial charge in [-0.05, 0) is 41.8 Å². The van der Waals surface area contributed by atoms with E-state index in [0.717, 1.165) is 5.56 Å². The van der Waals surface area contributed by atoms with E-state index >= 15 is 0 Å². The van der Waals surface area contributed by atoms with Crippen LogP contribution in [0.3, 0.4) is 0 Å². The number of benzene rings is 2. The first-order valence-corrected chi connectivity index (χ1v) is 7.96. The first-order valence-electron chi connectivity index (χ1n) is 7.96. The van der Waals surface area contributed by atoms with Crippen molar-refractivity contribution in [3.05, 3.63) is 66.0 Å². The second kappa shape index (κ2) is 7.09. The number of anilines is 1. The van der Waals surface area contributed by atoms with Crippen molar-refractivity contribution in [2.45, 2.75) is 19.8 Å². The molecule has 1 aromatic heterocycles. The fourth-order valence-electron chi connectivity index (χ4n) is 2.42. The van der Waals surface area contributed by atoms with Crippen LogP contribution in [0.1, 0.15) is 35.7 Å². The molecule has 0 fully saturated rings. The monoisotopic (exact) mass is 334 g/mol. The molecule has 0 aliphatic heterocycles. The van der Waals surface area contributed by atoms with Gasteiger partial charge in [0.1, 0.15) is 0 Å². The third-order valence-corrected chi connectivity index (χ3v) is 3.77. The van der Waals surface area contributed by atoms with E-state index in [1.165, 1.54) is 0 Å². The molecule has 2 N–H and O–H groups in total. The van der Waals surface area contributed by atoms with Gasteiger partial charge in [-0.1, -0.05) is 26.0 Å². The number of amides is 3. The largest absolute Gasteiger partial charge is 0.326 e. The zero-order valence-corrected chi connectivity index (χ0v) is 14.0. The van der Waals surface area contributed by atoms with Gasteiger partial charge < -0.3 is 5.32 Å². The van der Waals surface area contributed by atoms with E-state index in [9.17, 15) is 9.59 Å². The van der Waals surface area contributed by atoms with Crippen molar-refractivity contribution in [1.82, 2.24) is 15.3 Å². The summed E-state index contributed by atoms with van der Waals surface area (Å²) in [6.07, 6.45) is 3.14. The second-order valence-corrected chi connectivity index (χ2v) is 5.95. The Kier molecular flexibility index (Phi) is 4.70. The molecule has 3 amide bonds. The summed E-state index contributed by atoms with van der Waals surface area (Å²) < 4.78 is 0. The molecule has 0 radical (unpaired) electrons. The molecule has 0 aliphatic carbocycles. The lowest BCUT2D eigenvalue weighted by molar-refractivity contribution is 0.0967. The third kappa shape index (κ3) is 3.98. The molecule has 3 aromatic rings. The first-order chi connectivity index (χ1) is 12.0. The van der Waals surface area contributed by atoms with Gasteiger partial charge in [-0.2, -0.15) is 0 Å². The maximum Gasteiger partial charge on any atom is 0.326 e. The molecule has 0 bridgehead atoms. The van der Waals surface area contributed by atoms with E-state index in [1.54, 1.807) is 36.7 Å². The Morgan fingerprint density at radius 3 is 2.48 bits per heavy atom. The van der Waals surface area contributed by atoms with E-state index in [4.69, 9.17) is 0 Å². The number of urea groups is 1. The van der Waals surface area contributed by atoms with Crippen molar-refractivity contribution in [2.75, 3.05) is 5.32 Å². The molecule has 6 nitrogen and oxygen atoms in total. The highest BCUT2D eigenvalue weighted by Gasteiger charge is 2.12. The van der Waals surface area contributed by atoms with Crippen LogP contribution in [0.2, 0.25) is 0 Å². The number of fused-ring (bicyclic) bond motifs is 1. The standard InChI is InChI=1S/C19H18N4O2/c1-12(2)13-4-3-5-15(10-13)22-19(25)23-18(24)14-6-7-16-17(11-14)21-9-8-20-16/h3-12H,1-2H3,(H2,22,23,24,25). The van der Waals surface area contributed by atoms with Crippen molar-refractivity contribution in [3.8, 4) is 0 Å². The maximum atomic E-state index is 12.2. The number of hydrogen-bond donors (Lipinski definition) is 2. The van der Waals surface area contributed by atoms with E-state index < -0.39 is 11.9 Å². The molecule has 0 aliphatic rings. The molecular formula is C19H18N4O2. The molecule has 0 saturated carbocycles. The molecular weight excluding hydrogens is 316 g/mol. The molecule has 0 atom stereocenters. The molecule has 0 unspecified atom stereocenters. The van der Waals surface area contributed by atoms with Crippen LogP contribution in [-0.2, 0) is 0 Å². The average molecular weight is 334 g/mol. The minimum Gasteiger partial charge on any atom is -0.308 e. The van der Waals surface area contributed by atoms with E-state index in [2.05, 4.69) is 34.4 Å². The Hall–Kier alpha value is -3.28. The number of imide groups is 1. The van der Waals surface area contributed by atoms with Gasteiger partial charge in [-0.25, -0.2) is 4.79 Å².